The molecule has 0 saturated carbocycles. The number of thioether (sulfide) groups is 1. The second-order valence-electron chi connectivity index (χ2n) is 5.22. The van der Waals surface area contributed by atoms with E-state index in [9.17, 15) is 19.2 Å². The molecular weight excluding hydrogens is 312 g/mol. The number of carbonyl (C=O) groups is 4. The van der Waals surface area contributed by atoms with E-state index in [1.54, 1.807) is 0 Å². The summed E-state index contributed by atoms with van der Waals surface area (Å²) in [4.78, 5) is 46.7. The summed E-state index contributed by atoms with van der Waals surface area (Å²) in [6, 6.07) is 0. The van der Waals surface area contributed by atoms with Gasteiger partial charge < -0.3 is 9.84 Å². The largest absolute Gasteiger partial charge is 0.507 e. The molecule has 0 aromatic rings. The van der Waals surface area contributed by atoms with Gasteiger partial charge in [0, 0.05) is 32.1 Å². The summed E-state index contributed by atoms with van der Waals surface area (Å²) in [5.41, 5.74) is 0. The molecule has 0 bridgehead atoms. The molecule has 122 valence electrons. The van der Waals surface area contributed by atoms with E-state index in [1.807, 2.05) is 0 Å². The van der Waals surface area contributed by atoms with Gasteiger partial charge in [0.1, 0.15) is 0 Å². The second kappa shape index (κ2) is 6.99. The van der Waals surface area contributed by atoms with Gasteiger partial charge in [-0.3, -0.25) is 14.4 Å². The summed E-state index contributed by atoms with van der Waals surface area (Å²) in [5, 5.41) is 11.1. The molecule has 2 atom stereocenters. The molecule has 0 radical (unpaired) electrons. The maximum atomic E-state index is 12.7. The minimum atomic E-state index is -1.48. The van der Waals surface area contributed by atoms with E-state index < -0.39 is 18.3 Å². The molecule has 8 nitrogen and oxygen atoms in total. The fraction of sp³-hybridized carbons (Fsp3) is 0.692. The summed E-state index contributed by atoms with van der Waals surface area (Å²) in [7, 11) is 0. The quantitative estimate of drug-likeness (QED) is 0.772. The van der Waals surface area contributed by atoms with Gasteiger partial charge in [-0.25, -0.2) is 14.8 Å². The Balaban J connectivity index is 2.20. The van der Waals surface area contributed by atoms with Crippen LogP contribution in [0.4, 0.5) is 4.79 Å². The Morgan fingerprint density at radius 2 is 2.09 bits per heavy atom. The van der Waals surface area contributed by atoms with Crippen LogP contribution in [0.3, 0.4) is 0 Å². The highest BCUT2D eigenvalue weighted by Gasteiger charge is 2.43. The number of hydrogen-bond donors (Lipinski definition) is 1. The van der Waals surface area contributed by atoms with Crippen LogP contribution in [0.25, 0.3) is 0 Å². The standard InChI is InChI=1S/C13H18N2O6S/c1-8(16)22-7-9-4-5-10(17)14-6-2-3-11(21-13(19)20)15(14)12(9)18/h9,11H,2-7H2,1H3,(H,19,20). The molecule has 2 saturated heterocycles. The van der Waals surface area contributed by atoms with E-state index in [0.717, 1.165) is 16.8 Å². The Morgan fingerprint density at radius 3 is 2.73 bits per heavy atom. The van der Waals surface area contributed by atoms with Crippen molar-refractivity contribution in [2.24, 2.45) is 5.92 Å². The van der Waals surface area contributed by atoms with Gasteiger partial charge in [-0.15, -0.1) is 0 Å². The average molecular weight is 330 g/mol. The van der Waals surface area contributed by atoms with E-state index >= 15 is 0 Å². The van der Waals surface area contributed by atoms with Gasteiger partial charge >= 0.3 is 6.16 Å². The first-order valence-corrected chi connectivity index (χ1v) is 8.05. The number of rotatable bonds is 3. The highest BCUT2D eigenvalue weighted by atomic mass is 32.2. The van der Waals surface area contributed by atoms with E-state index in [-0.39, 0.29) is 29.1 Å². The fourth-order valence-corrected chi connectivity index (χ4v) is 3.39. The molecular formula is C13H18N2O6S. The fourth-order valence-electron chi connectivity index (χ4n) is 2.64. The van der Waals surface area contributed by atoms with Crippen LogP contribution in [0.15, 0.2) is 0 Å². The van der Waals surface area contributed by atoms with Gasteiger partial charge in [-0.05, 0) is 12.8 Å². The van der Waals surface area contributed by atoms with Crippen molar-refractivity contribution < 1.29 is 29.0 Å². The monoisotopic (exact) mass is 330 g/mol. The SMILES string of the molecule is CC(=O)SCC1CCC(=O)N2CCCC(OC(=O)O)N2C1=O. The smallest absolute Gasteiger partial charge is 0.450 e. The van der Waals surface area contributed by atoms with Gasteiger partial charge in [-0.2, -0.15) is 0 Å². The zero-order valence-electron chi connectivity index (χ0n) is 12.2. The Bertz CT molecular complexity index is 497. The van der Waals surface area contributed by atoms with E-state index in [4.69, 9.17) is 9.84 Å². The third kappa shape index (κ3) is 3.70. The molecule has 2 heterocycles. The van der Waals surface area contributed by atoms with Crippen molar-refractivity contribution in [2.45, 2.75) is 38.8 Å². The Morgan fingerprint density at radius 1 is 1.36 bits per heavy atom. The molecule has 2 unspecified atom stereocenters. The first-order chi connectivity index (χ1) is 10.4. The lowest BCUT2D eigenvalue weighted by molar-refractivity contribution is -0.196. The predicted molar refractivity (Wildman–Crippen MR) is 76.6 cm³/mol. The van der Waals surface area contributed by atoms with Crippen molar-refractivity contribution in [1.29, 1.82) is 0 Å². The molecule has 22 heavy (non-hydrogen) atoms. The van der Waals surface area contributed by atoms with E-state index in [1.165, 1.54) is 11.9 Å². The van der Waals surface area contributed by atoms with Crippen molar-refractivity contribution in [1.82, 2.24) is 10.0 Å². The number of hydrazine groups is 1. The molecule has 0 aromatic carbocycles. The molecule has 2 rings (SSSR count). The third-order valence-corrected chi connectivity index (χ3v) is 4.62. The molecule has 2 aliphatic heterocycles. The number of nitrogens with zero attached hydrogens (tertiary/aromatic N) is 2. The zero-order valence-corrected chi connectivity index (χ0v) is 13.0. The minimum Gasteiger partial charge on any atom is -0.450 e. The van der Waals surface area contributed by atoms with Crippen molar-refractivity contribution in [3.05, 3.63) is 0 Å². The van der Waals surface area contributed by atoms with Crippen LogP contribution in [0.5, 0.6) is 0 Å². The maximum absolute atomic E-state index is 12.7. The highest BCUT2D eigenvalue weighted by Crippen LogP contribution is 2.29. The van der Waals surface area contributed by atoms with Crippen LogP contribution in [0, 0.1) is 5.92 Å². The van der Waals surface area contributed by atoms with Crippen LogP contribution in [-0.4, -0.2) is 56.7 Å². The van der Waals surface area contributed by atoms with Crippen LogP contribution in [0.2, 0.25) is 0 Å². The zero-order chi connectivity index (χ0) is 16.3. The number of fused-ring (bicyclic) bond motifs is 1. The third-order valence-electron chi connectivity index (χ3n) is 3.65. The van der Waals surface area contributed by atoms with Gasteiger partial charge in [-0.1, -0.05) is 11.8 Å². The number of carbonyl (C=O) groups excluding carboxylic acids is 3. The lowest BCUT2D eigenvalue weighted by Gasteiger charge is -2.42. The molecule has 0 aliphatic carbocycles. The normalized spacial score (nSPS) is 25.5. The summed E-state index contributed by atoms with van der Waals surface area (Å²) in [6.07, 6.45) is -0.985. The Labute approximate surface area is 131 Å². The minimum absolute atomic E-state index is 0.0998. The van der Waals surface area contributed by atoms with Crippen molar-refractivity contribution in [3.63, 3.8) is 0 Å². The summed E-state index contributed by atoms with van der Waals surface area (Å²) < 4.78 is 4.76. The van der Waals surface area contributed by atoms with Crippen molar-refractivity contribution in [3.8, 4) is 0 Å². The summed E-state index contributed by atoms with van der Waals surface area (Å²) in [6.45, 7) is 1.79. The van der Waals surface area contributed by atoms with Gasteiger partial charge in [0.05, 0.1) is 5.92 Å². The molecule has 2 fully saturated rings. The number of hydrogen-bond acceptors (Lipinski definition) is 6. The van der Waals surface area contributed by atoms with Gasteiger partial charge in [0.2, 0.25) is 11.8 Å². The van der Waals surface area contributed by atoms with Crippen molar-refractivity contribution >= 4 is 34.8 Å². The number of ether oxygens (including phenoxy) is 1. The lowest BCUT2D eigenvalue weighted by atomic mass is 10.0. The molecule has 1 N–H and O–H groups in total. The molecule has 0 aromatic heterocycles. The van der Waals surface area contributed by atoms with Crippen molar-refractivity contribution in [2.75, 3.05) is 12.3 Å². The van der Waals surface area contributed by atoms with Gasteiger partial charge in [0.25, 0.3) is 0 Å². The number of amides is 2. The number of carboxylic acid groups (broad SMARTS) is 1. The molecule has 2 aliphatic rings. The lowest BCUT2D eigenvalue weighted by Crippen LogP contribution is -2.59. The molecule has 9 heteroatoms. The Kier molecular flexibility index (Phi) is 5.28. The first-order valence-electron chi connectivity index (χ1n) is 7.06. The Hall–Kier alpha value is -1.77. The highest BCUT2D eigenvalue weighted by molar-refractivity contribution is 8.13. The topological polar surface area (TPSA) is 104 Å². The predicted octanol–water partition coefficient (Wildman–Crippen LogP) is 1.06. The summed E-state index contributed by atoms with van der Waals surface area (Å²) in [5.74, 6) is -0.792. The first kappa shape index (κ1) is 16.6. The maximum Gasteiger partial charge on any atom is 0.507 e. The molecule has 0 spiro atoms. The average Bonchev–Trinajstić information content (AvgIpc) is 2.56. The van der Waals surface area contributed by atoms with Crippen LogP contribution in [0.1, 0.15) is 32.6 Å². The van der Waals surface area contributed by atoms with E-state index in [0.29, 0.717) is 25.8 Å². The van der Waals surface area contributed by atoms with Crippen LogP contribution in [-0.2, 0) is 19.1 Å². The van der Waals surface area contributed by atoms with Crippen LogP contribution >= 0.6 is 11.8 Å². The molecule has 2 amide bonds. The van der Waals surface area contributed by atoms with Gasteiger partial charge in [0.15, 0.2) is 11.3 Å². The van der Waals surface area contributed by atoms with E-state index in [2.05, 4.69) is 0 Å². The second-order valence-corrected chi connectivity index (χ2v) is 6.42. The van der Waals surface area contributed by atoms with Crippen LogP contribution < -0.4 is 0 Å². The summed E-state index contributed by atoms with van der Waals surface area (Å²) >= 11 is 1.03.